The summed E-state index contributed by atoms with van der Waals surface area (Å²) in [6.07, 6.45) is 3.41. The Morgan fingerprint density at radius 1 is 1.14 bits per heavy atom. The Kier molecular flexibility index (Phi) is 6.36. The number of ketones is 1. The van der Waals surface area contributed by atoms with Crippen LogP contribution in [0, 0.1) is 32.6 Å². The number of ether oxygens (including phenoxy) is 1. The second-order valence-electron chi connectivity index (χ2n) is 8.22. The van der Waals surface area contributed by atoms with Gasteiger partial charge in [-0.3, -0.25) is 9.59 Å². The molecule has 1 aliphatic heterocycles. The summed E-state index contributed by atoms with van der Waals surface area (Å²) in [6.45, 7) is 9.29. The monoisotopic (exact) mass is 385 g/mol. The van der Waals surface area contributed by atoms with Crippen LogP contribution < -0.4 is 0 Å². The molecule has 1 aliphatic carbocycles. The van der Waals surface area contributed by atoms with Crippen molar-refractivity contribution in [1.29, 1.82) is 0 Å². The molecule has 2 aliphatic rings. The van der Waals surface area contributed by atoms with Crippen molar-refractivity contribution in [2.24, 2.45) is 11.8 Å². The van der Waals surface area contributed by atoms with E-state index in [0.29, 0.717) is 23.7 Å². The fourth-order valence-electron chi connectivity index (χ4n) is 4.78. The number of aryl methyl sites for hydroxylation is 3. The van der Waals surface area contributed by atoms with Gasteiger partial charge in [-0.25, -0.2) is 0 Å². The van der Waals surface area contributed by atoms with E-state index in [4.69, 9.17) is 9.57 Å². The molecule has 1 aromatic carbocycles. The SMILES string of the molecule is CON1CCC(CC2CC(OC(C)=O)=C(c3c(C)cc(C)cc3C)C2=O)CC1. The number of Topliss-reactive ketones (excluding diaryl/α,β-unsaturated/α-hetero) is 1. The summed E-state index contributed by atoms with van der Waals surface area (Å²) in [7, 11) is 1.70. The number of benzene rings is 1. The number of hydroxylamine groups is 2. The van der Waals surface area contributed by atoms with Gasteiger partial charge in [-0.05, 0) is 62.6 Å². The lowest BCUT2D eigenvalue weighted by molar-refractivity contribution is -0.149. The number of esters is 1. The third kappa shape index (κ3) is 4.36. The molecule has 1 heterocycles. The predicted octanol–water partition coefficient (Wildman–Crippen LogP) is 4.14. The summed E-state index contributed by atoms with van der Waals surface area (Å²) in [6, 6.07) is 4.17. The first-order chi connectivity index (χ1) is 13.3. The van der Waals surface area contributed by atoms with Crippen molar-refractivity contribution in [3.63, 3.8) is 0 Å². The van der Waals surface area contributed by atoms with Gasteiger partial charge in [-0.1, -0.05) is 17.7 Å². The molecule has 28 heavy (non-hydrogen) atoms. The molecule has 152 valence electrons. The third-order valence-electron chi connectivity index (χ3n) is 5.97. The van der Waals surface area contributed by atoms with Crippen LogP contribution in [0.3, 0.4) is 0 Å². The Morgan fingerprint density at radius 2 is 1.75 bits per heavy atom. The highest BCUT2D eigenvalue weighted by atomic mass is 16.7. The van der Waals surface area contributed by atoms with E-state index in [1.165, 1.54) is 12.5 Å². The maximum absolute atomic E-state index is 13.4. The minimum absolute atomic E-state index is 0.108. The lowest BCUT2D eigenvalue weighted by atomic mass is 9.84. The van der Waals surface area contributed by atoms with E-state index in [1.807, 2.05) is 18.9 Å². The zero-order valence-corrected chi connectivity index (χ0v) is 17.6. The molecule has 1 atom stereocenters. The second kappa shape index (κ2) is 8.58. The van der Waals surface area contributed by atoms with E-state index in [2.05, 4.69) is 19.1 Å². The molecule has 0 bridgehead atoms. The van der Waals surface area contributed by atoms with Crippen molar-refractivity contribution in [1.82, 2.24) is 5.06 Å². The van der Waals surface area contributed by atoms with Crippen molar-refractivity contribution < 1.29 is 19.2 Å². The van der Waals surface area contributed by atoms with Gasteiger partial charge in [0, 0.05) is 32.4 Å². The molecule has 1 fully saturated rings. The molecule has 0 spiro atoms. The zero-order chi connectivity index (χ0) is 20.4. The van der Waals surface area contributed by atoms with Gasteiger partial charge in [-0.2, -0.15) is 5.06 Å². The molecular formula is C23H31NO4. The van der Waals surface area contributed by atoms with Gasteiger partial charge in [-0.15, -0.1) is 0 Å². The molecule has 1 unspecified atom stereocenters. The van der Waals surface area contributed by atoms with Crippen LogP contribution in [0.2, 0.25) is 0 Å². The molecule has 5 nitrogen and oxygen atoms in total. The van der Waals surface area contributed by atoms with Crippen LogP contribution in [-0.2, 0) is 19.2 Å². The summed E-state index contributed by atoms with van der Waals surface area (Å²) in [5.74, 6) is 0.700. The van der Waals surface area contributed by atoms with E-state index in [1.54, 1.807) is 7.11 Å². The predicted molar refractivity (Wildman–Crippen MR) is 108 cm³/mol. The van der Waals surface area contributed by atoms with E-state index >= 15 is 0 Å². The number of carbonyl (C=O) groups is 2. The Morgan fingerprint density at radius 3 is 2.29 bits per heavy atom. The lowest BCUT2D eigenvalue weighted by Crippen LogP contribution is -2.33. The van der Waals surface area contributed by atoms with Gasteiger partial charge >= 0.3 is 5.97 Å². The normalized spacial score (nSPS) is 21.5. The molecule has 0 radical (unpaired) electrons. The van der Waals surface area contributed by atoms with Crippen LogP contribution in [0.15, 0.2) is 17.9 Å². The van der Waals surface area contributed by atoms with Crippen LogP contribution >= 0.6 is 0 Å². The summed E-state index contributed by atoms with van der Waals surface area (Å²) < 4.78 is 5.53. The Balaban J connectivity index is 1.85. The van der Waals surface area contributed by atoms with Crippen LogP contribution in [0.25, 0.3) is 5.57 Å². The molecule has 5 heteroatoms. The van der Waals surface area contributed by atoms with E-state index in [-0.39, 0.29) is 17.7 Å². The van der Waals surface area contributed by atoms with Gasteiger partial charge in [0.15, 0.2) is 5.78 Å². The van der Waals surface area contributed by atoms with Crippen molar-refractivity contribution in [3.8, 4) is 0 Å². The number of hydrogen-bond donors (Lipinski definition) is 0. The maximum Gasteiger partial charge on any atom is 0.307 e. The smallest absolute Gasteiger partial charge is 0.307 e. The fraction of sp³-hybridized carbons (Fsp3) is 0.565. The van der Waals surface area contributed by atoms with E-state index in [9.17, 15) is 9.59 Å². The van der Waals surface area contributed by atoms with E-state index in [0.717, 1.165) is 49.0 Å². The Hall–Kier alpha value is -1.98. The van der Waals surface area contributed by atoms with Gasteiger partial charge < -0.3 is 9.57 Å². The van der Waals surface area contributed by atoms with Crippen molar-refractivity contribution >= 4 is 17.3 Å². The highest BCUT2D eigenvalue weighted by molar-refractivity contribution is 6.25. The highest BCUT2D eigenvalue weighted by Crippen LogP contribution is 2.42. The number of nitrogens with zero attached hydrogens (tertiary/aromatic N) is 1. The topological polar surface area (TPSA) is 55.8 Å². The van der Waals surface area contributed by atoms with Gasteiger partial charge in [0.25, 0.3) is 0 Å². The molecule has 1 aromatic rings. The minimum atomic E-state index is -0.364. The molecule has 0 saturated carbocycles. The average Bonchev–Trinajstić information content (AvgIpc) is 2.90. The minimum Gasteiger partial charge on any atom is -0.430 e. The van der Waals surface area contributed by atoms with Crippen molar-refractivity contribution in [3.05, 3.63) is 40.1 Å². The first kappa shape index (κ1) is 20.7. The Labute approximate surface area is 167 Å². The van der Waals surface area contributed by atoms with Crippen LogP contribution in [0.4, 0.5) is 0 Å². The average molecular weight is 386 g/mol. The van der Waals surface area contributed by atoms with E-state index < -0.39 is 0 Å². The lowest BCUT2D eigenvalue weighted by Gasteiger charge is -2.31. The molecular weight excluding hydrogens is 354 g/mol. The van der Waals surface area contributed by atoms with Crippen LogP contribution in [0.1, 0.15) is 54.9 Å². The third-order valence-corrected chi connectivity index (χ3v) is 5.97. The number of rotatable bonds is 5. The number of carbonyl (C=O) groups excluding carboxylic acids is 2. The molecule has 0 amide bonds. The van der Waals surface area contributed by atoms with Crippen molar-refractivity contribution in [2.45, 2.75) is 53.4 Å². The largest absolute Gasteiger partial charge is 0.430 e. The standard InChI is InChI=1S/C23H31NO4/c1-14-10-15(2)21(16(3)11-14)22-20(28-17(4)25)13-19(23(22)26)12-18-6-8-24(27-5)9-7-18/h10-11,18-19H,6-9,12-13H2,1-5H3. The Bertz CT molecular complexity index is 780. The van der Waals surface area contributed by atoms with Gasteiger partial charge in [0.05, 0.1) is 12.7 Å². The summed E-state index contributed by atoms with van der Waals surface area (Å²) in [5.41, 5.74) is 4.83. The molecule has 0 N–H and O–H groups in total. The fourth-order valence-corrected chi connectivity index (χ4v) is 4.78. The van der Waals surface area contributed by atoms with Gasteiger partial charge in [0.2, 0.25) is 0 Å². The van der Waals surface area contributed by atoms with Crippen LogP contribution in [-0.4, -0.2) is 37.0 Å². The molecule has 3 rings (SSSR count). The molecule has 1 saturated heterocycles. The summed E-state index contributed by atoms with van der Waals surface area (Å²) in [4.78, 5) is 30.4. The highest BCUT2D eigenvalue weighted by Gasteiger charge is 2.38. The zero-order valence-electron chi connectivity index (χ0n) is 17.6. The quantitative estimate of drug-likeness (QED) is 0.713. The number of allylic oxidation sites excluding steroid dienone is 2. The first-order valence-corrected chi connectivity index (χ1v) is 10.1. The summed E-state index contributed by atoms with van der Waals surface area (Å²) in [5, 5.41) is 1.97. The first-order valence-electron chi connectivity index (χ1n) is 10.1. The van der Waals surface area contributed by atoms with Crippen molar-refractivity contribution in [2.75, 3.05) is 20.2 Å². The maximum atomic E-state index is 13.4. The second-order valence-corrected chi connectivity index (χ2v) is 8.22. The van der Waals surface area contributed by atoms with Gasteiger partial charge in [0.1, 0.15) is 5.76 Å². The van der Waals surface area contributed by atoms with Crippen LogP contribution in [0.5, 0.6) is 0 Å². The number of hydrogen-bond acceptors (Lipinski definition) is 5. The number of piperidine rings is 1. The summed E-state index contributed by atoms with van der Waals surface area (Å²) >= 11 is 0. The molecule has 0 aromatic heterocycles.